The topological polar surface area (TPSA) is 71.5 Å². The molecule has 0 aliphatic heterocycles. The molecule has 0 aliphatic rings. The van der Waals surface area contributed by atoms with Gasteiger partial charge in [0.2, 0.25) is 5.91 Å². The van der Waals surface area contributed by atoms with Gasteiger partial charge >= 0.3 is 0 Å². The third-order valence-electron chi connectivity index (χ3n) is 4.84. The average Bonchev–Trinajstić information content (AvgIpc) is 3.27. The Morgan fingerprint density at radius 3 is 2.52 bits per heavy atom. The lowest BCUT2D eigenvalue weighted by Gasteiger charge is -2.18. The molecule has 0 saturated heterocycles. The minimum Gasteiger partial charge on any atom is -0.486 e. The van der Waals surface area contributed by atoms with E-state index >= 15 is 0 Å². The van der Waals surface area contributed by atoms with Crippen molar-refractivity contribution in [2.45, 2.75) is 20.5 Å². The van der Waals surface area contributed by atoms with E-state index in [2.05, 4.69) is 10.3 Å². The van der Waals surface area contributed by atoms with Crippen LogP contribution in [0.5, 0.6) is 5.75 Å². The monoisotopic (exact) mass is 457 g/mol. The summed E-state index contributed by atoms with van der Waals surface area (Å²) >= 11 is 1.37. The van der Waals surface area contributed by atoms with Crippen molar-refractivity contribution in [2.24, 2.45) is 0 Å². The Balaban J connectivity index is 1.49. The zero-order valence-electron chi connectivity index (χ0n) is 18.3. The summed E-state index contributed by atoms with van der Waals surface area (Å²) in [4.78, 5) is 31.3. The summed E-state index contributed by atoms with van der Waals surface area (Å²) in [7, 11) is 0. The number of anilines is 3. The van der Waals surface area contributed by atoms with Crippen molar-refractivity contribution in [1.29, 1.82) is 0 Å². The van der Waals surface area contributed by atoms with Crippen molar-refractivity contribution in [3.8, 4) is 5.75 Å². The van der Waals surface area contributed by atoms with Gasteiger partial charge in [-0.3, -0.25) is 14.5 Å². The quantitative estimate of drug-likeness (QED) is 0.371. The molecule has 7 heteroatoms. The number of aromatic nitrogens is 1. The SMILES string of the molecule is CC(=O)N(c1cccc(C)c1)c1nc(COc2ccccc2C(=O)Nc2ccccc2)cs1. The summed E-state index contributed by atoms with van der Waals surface area (Å²) < 4.78 is 5.94. The van der Waals surface area contributed by atoms with E-state index < -0.39 is 0 Å². The lowest BCUT2D eigenvalue weighted by molar-refractivity contribution is -0.115. The molecule has 0 atom stereocenters. The van der Waals surface area contributed by atoms with E-state index in [1.807, 2.05) is 73.0 Å². The molecule has 0 aliphatic carbocycles. The van der Waals surface area contributed by atoms with Crippen LogP contribution in [-0.2, 0) is 11.4 Å². The minimum atomic E-state index is -0.252. The molecule has 4 aromatic rings. The first-order chi connectivity index (χ1) is 16.0. The largest absolute Gasteiger partial charge is 0.486 e. The van der Waals surface area contributed by atoms with Crippen molar-refractivity contribution in [2.75, 3.05) is 10.2 Å². The minimum absolute atomic E-state index is 0.120. The normalized spacial score (nSPS) is 10.5. The smallest absolute Gasteiger partial charge is 0.259 e. The van der Waals surface area contributed by atoms with Crippen molar-refractivity contribution in [3.05, 3.63) is 101 Å². The molecule has 0 fully saturated rings. The van der Waals surface area contributed by atoms with Crippen LogP contribution in [0, 0.1) is 6.92 Å². The van der Waals surface area contributed by atoms with Crippen LogP contribution >= 0.6 is 11.3 Å². The molecule has 4 rings (SSSR count). The van der Waals surface area contributed by atoms with E-state index in [0.717, 1.165) is 11.3 Å². The van der Waals surface area contributed by atoms with Gasteiger partial charge in [-0.05, 0) is 48.9 Å². The molecule has 1 heterocycles. The Labute approximate surface area is 196 Å². The van der Waals surface area contributed by atoms with Crippen LogP contribution in [0.15, 0.2) is 84.2 Å². The van der Waals surface area contributed by atoms with Gasteiger partial charge in [0, 0.05) is 18.0 Å². The number of carbonyl (C=O) groups excluding carboxylic acids is 2. The molecule has 0 spiro atoms. The third-order valence-corrected chi connectivity index (χ3v) is 5.72. The molecule has 33 heavy (non-hydrogen) atoms. The first-order valence-corrected chi connectivity index (χ1v) is 11.3. The molecule has 0 saturated carbocycles. The third kappa shape index (κ3) is 5.45. The summed E-state index contributed by atoms with van der Waals surface area (Å²) in [5.74, 6) is 0.0888. The van der Waals surface area contributed by atoms with Crippen LogP contribution in [0.25, 0.3) is 0 Å². The highest BCUT2D eigenvalue weighted by molar-refractivity contribution is 7.14. The van der Waals surface area contributed by atoms with Gasteiger partial charge in [-0.2, -0.15) is 0 Å². The van der Waals surface area contributed by atoms with Gasteiger partial charge < -0.3 is 10.1 Å². The molecule has 166 valence electrons. The number of nitrogens with zero attached hydrogens (tertiary/aromatic N) is 2. The van der Waals surface area contributed by atoms with Gasteiger partial charge in [0.25, 0.3) is 5.91 Å². The number of thiazole rings is 1. The fourth-order valence-corrected chi connectivity index (χ4v) is 4.18. The zero-order chi connectivity index (χ0) is 23.2. The number of hydrogen-bond acceptors (Lipinski definition) is 5. The first kappa shape index (κ1) is 22.2. The van der Waals surface area contributed by atoms with E-state index in [-0.39, 0.29) is 18.4 Å². The van der Waals surface area contributed by atoms with E-state index in [1.54, 1.807) is 23.1 Å². The molecule has 2 amide bonds. The average molecular weight is 458 g/mol. The Kier molecular flexibility index (Phi) is 6.80. The molecule has 1 aromatic heterocycles. The molecular weight excluding hydrogens is 434 g/mol. The van der Waals surface area contributed by atoms with Crippen molar-refractivity contribution < 1.29 is 14.3 Å². The van der Waals surface area contributed by atoms with Crippen LogP contribution in [0.1, 0.15) is 28.5 Å². The maximum atomic E-state index is 12.8. The lowest BCUT2D eigenvalue weighted by Crippen LogP contribution is -2.22. The van der Waals surface area contributed by atoms with Gasteiger partial charge in [-0.1, -0.05) is 42.5 Å². The number of ether oxygens (including phenoxy) is 1. The van der Waals surface area contributed by atoms with Crippen LogP contribution in [0.2, 0.25) is 0 Å². The number of aryl methyl sites for hydroxylation is 1. The first-order valence-electron chi connectivity index (χ1n) is 10.4. The summed E-state index contributed by atoms with van der Waals surface area (Å²) in [5.41, 5.74) is 3.65. The molecule has 0 radical (unpaired) electrons. The van der Waals surface area contributed by atoms with E-state index in [9.17, 15) is 9.59 Å². The summed E-state index contributed by atoms with van der Waals surface area (Å²) in [6.07, 6.45) is 0. The van der Waals surface area contributed by atoms with Crippen molar-refractivity contribution >= 4 is 39.7 Å². The summed E-state index contributed by atoms with van der Waals surface area (Å²) in [6, 6.07) is 24.1. The molecule has 3 aromatic carbocycles. The number of para-hydroxylation sites is 2. The molecule has 6 nitrogen and oxygen atoms in total. The number of amides is 2. The van der Waals surface area contributed by atoms with Gasteiger partial charge in [0.1, 0.15) is 12.4 Å². The number of hydrogen-bond donors (Lipinski definition) is 1. The molecule has 0 bridgehead atoms. The van der Waals surface area contributed by atoms with Crippen LogP contribution < -0.4 is 15.0 Å². The Morgan fingerprint density at radius 1 is 1.00 bits per heavy atom. The summed E-state index contributed by atoms with van der Waals surface area (Å²) in [6.45, 7) is 3.67. The van der Waals surface area contributed by atoms with E-state index in [0.29, 0.717) is 27.8 Å². The standard InChI is InChI=1S/C26H23N3O3S/c1-18-9-8-12-22(15-18)29(19(2)30)26-28-21(17-33-26)16-32-24-14-7-6-13-23(24)25(31)27-20-10-4-3-5-11-20/h3-15,17H,16H2,1-2H3,(H,27,31). The maximum Gasteiger partial charge on any atom is 0.259 e. The lowest BCUT2D eigenvalue weighted by atomic mass is 10.2. The van der Waals surface area contributed by atoms with Gasteiger partial charge in [-0.25, -0.2) is 4.98 Å². The maximum absolute atomic E-state index is 12.8. The highest BCUT2D eigenvalue weighted by Crippen LogP contribution is 2.30. The fourth-order valence-electron chi connectivity index (χ4n) is 3.31. The predicted octanol–water partition coefficient (Wildman–Crippen LogP) is 5.97. The predicted molar refractivity (Wildman–Crippen MR) is 131 cm³/mol. The second-order valence-corrected chi connectivity index (χ2v) is 8.26. The molecule has 0 unspecified atom stereocenters. The van der Waals surface area contributed by atoms with E-state index in [1.165, 1.54) is 18.3 Å². The summed E-state index contributed by atoms with van der Waals surface area (Å²) in [5, 5.41) is 5.30. The highest BCUT2D eigenvalue weighted by Gasteiger charge is 2.19. The van der Waals surface area contributed by atoms with Crippen molar-refractivity contribution in [3.63, 3.8) is 0 Å². The fraction of sp³-hybridized carbons (Fsp3) is 0.115. The second kappa shape index (κ2) is 10.1. The van der Waals surface area contributed by atoms with Crippen LogP contribution in [-0.4, -0.2) is 16.8 Å². The second-order valence-electron chi connectivity index (χ2n) is 7.42. The number of benzene rings is 3. The Morgan fingerprint density at radius 2 is 1.76 bits per heavy atom. The van der Waals surface area contributed by atoms with E-state index in [4.69, 9.17) is 4.74 Å². The van der Waals surface area contributed by atoms with Crippen LogP contribution in [0.3, 0.4) is 0 Å². The molecule has 1 N–H and O–H groups in total. The zero-order valence-corrected chi connectivity index (χ0v) is 19.1. The highest BCUT2D eigenvalue weighted by atomic mass is 32.1. The van der Waals surface area contributed by atoms with Gasteiger partial charge in [-0.15, -0.1) is 11.3 Å². The number of rotatable bonds is 7. The number of nitrogens with one attached hydrogen (secondary N) is 1. The van der Waals surface area contributed by atoms with Gasteiger partial charge in [0.15, 0.2) is 5.13 Å². The van der Waals surface area contributed by atoms with Crippen molar-refractivity contribution in [1.82, 2.24) is 4.98 Å². The molecular formula is C26H23N3O3S. The Hall–Kier alpha value is -3.97. The Bertz CT molecular complexity index is 1270. The van der Waals surface area contributed by atoms with Gasteiger partial charge in [0.05, 0.1) is 16.9 Å². The van der Waals surface area contributed by atoms with Crippen LogP contribution in [0.4, 0.5) is 16.5 Å². The number of carbonyl (C=O) groups is 2.